The van der Waals surface area contributed by atoms with E-state index in [9.17, 15) is 4.79 Å². The fraction of sp³-hybridized carbons (Fsp3) is 0.222. The van der Waals surface area contributed by atoms with Gasteiger partial charge in [-0.1, -0.05) is 32.0 Å². The first-order chi connectivity index (χ1) is 10.1. The van der Waals surface area contributed by atoms with Crippen molar-refractivity contribution in [3.05, 3.63) is 63.9 Å². The standard InChI is InChI=1S/C18H16N2O/c1-11(2)13-5-3-6-15-14(13)9-12-10-20-16(18(12)19-15)7-4-8-17(20)21/h3-9,11H,10H2,1-2H3. The van der Waals surface area contributed by atoms with Gasteiger partial charge in [0, 0.05) is 17.0 Å². The first-order valence-corrected chi connectivity index (χ1v) is 7.28. The highest BCUT2D eigenvalue weighted by Crippen LogP contribution is 2.33. The minimum atomic E-state index is 0.0404. The Kier molecular flexibility index (Phi) is 2.52. The molecule has 3 nitrogen and oxygen atoms in total. The number of hydrogen-bond donors (Lipinski definition) is 0. The summed E-state index contributed by atoms with van der Waals surface area (Å²) in [5.41, 5.74) is 5.36. The van der Waals surface area contributed by atoms with Crippen molar-refractivity contribution in [1.82, 2.24) is 9.55 Å². The summed E-state index contributed by atoms with van der Waals surface area (Å²) >= 11 is 0. The molecule has 104 valence electrons. The maximum absolute atomic E-state index is 12.0. The van der Waals surface area contributed by atoms with Crippen molar-refractivity contribution < 1.29 is 0 Å². The third-order valence-electron chi connectivity index (χ3n) is 4.21. The van der Waals surface area contributed by atoms with Gasteiger partial charge in [0.15, 0.2) is 0 Å². The molecule has 0 aliphatic carbocycles. The Morgan fingerprint density at radius 2 is 1.95 bits per heavy atom. The number of nitrogens with zero attached hydrogens (tertiary/aromatic N) is 2. The summed E-state index contributed by atoms with van der Waals surface area (Å²) in [4.78, 5) is 16.8. The van der Waals surface area contributed by atoms with Crippen LogP contribution >= 0.6 is 0 Å². The van der Waals surface area contributed by atoms with Crippen LogP contribution in [0.15, 0.2) is 47.3 Å². The van der Waals surface area contributed by atoms with Gasteiger partial charge >= 0.3 is 0 Å². The Morgan fingerprint density at radius 1 is 1.14 bits per heavy atom. The second kappa shape index (κ2) is 4.29. The minimum Gasteiger partial charge on any atom is -0.302 e. The molecule has 0 atom stereocenters. The van der Waals surface area contributed by atoms with E-state index in [1.54, 1.807) is 16.7 Å². The van der Waals surface area contributed by atoms with Gasteiger partial charge in [-0.3, -0.25) is 4.79 Å². The third-order valence-corrected chi connectivity index (χ3v) is 4.21. The molecule has 0 spiro atoms. The normalized spacial score (nSPS) is 12.7. The average molecular weight is 276 g/mol. The molecule has 3 heteroatoms. The lowest BCUT2D eigenvalue weighted by Crippen LogP contribution is -2.16. The summed E-state index contributed by atoms with van der Waals surface area (Å²) in [6, 6.07) is 13.9. The SMILES string of the molecule is CC(C)c1cccc2nc3c(cc12)Cn1c-3cccc1=O. The fourth-order valence-electron chi connectivity index (χ4n) is 3.17. The molecule has 2 aromatic heterocycles. The van der Waals surface area contributed by atoms with Crippen LogP contribution in [0.25, 0.3) is 22.3 Å². The fourth-order valence-corrected chi connectivity index (χ4v) is 3.17. The molecule has 1 aromatic carbocycles. The van der Waals surface area contributed by atoms with Crippen molar-refractivity contribution in [2.75, 3.05) is 0 Å². The molecule has 3 aromatic rings. The number of pyridine rings is 2. The zero-order chi connectivity index (χ0) is 14.6. The van der Waals surface area contributed by atoms with Crippen LogP contribution in [-0.4, -0.2) is 9.55 Å². The largest absolute Gasteiger partial charge is 0.302 e. The van der Waals surface area contributed by atoms with Crippen LogP contribution in [0, 0.1) is 0 Å². The summed E-state index contributed by atoms with van der Waals surface area (Å²) in [7, 11) is 0. The van der Waals surface area contributed by atoms with Crippen LogP contribution in [0.4, 0.5) is 0 Å². The molecular weight excluding hydrogens is 260 g/mol. The molecule has 4 rings (SSSR count). The minimum absolute atomic E-state index is 0.0404. The maximum atomic E-state index is 12.0. The van der Waals surface area contributed by atoms with E-state index < -0.39 is 0 Å². The van der Waals surface area contributed by atoms with Gasteiger partial charge in [-0.25, -0.2) is 4.98 Å². The quantitative estimate of drug-likeness (QED) is 0.533. The highest BCUT2D eigenvalue weighted by molar-refractivity contribution is 5.87. The van der Waals surface area contributed by atoms with Crippen molar-refractivity contribution in [3.63, 3.8) is 0 Å². The summed E-state index contributed by atoms with van der Waals surface area (Å²) in [5.74, 6) is 0.458. The second-order valence-corrected chi connectivity index (χ2v) is 5.90. The highest BCUT2D eigenvalue weighted by Gasteiger charge is 2.21. The lowest BCUT2D eigenvalue weighted by molar-refractivity contribution is 0.803. The van der Waals surface area contributed by atoms with Gasteiger partial charge in [0.25, 0.3) is 5.56 Å². The van der Waals surface area contributed by atoms with Crippen molar-refractivity contribution in [2.24, 2.45) is 0 Å². The highest BCUT2D eigenvalue weighted by atomic mass is 16.1. The Bertz CT molecular complexity index is 922. The van der Waals surface area contributed by atoms with E-state index in [1.165, 1.54) is 10.9 Å². The maximum Gasteiger partial charge on any atom is 0.251 e. The average Bonchev–Trinajstić information content (AvgIpc) is 2.83. The first-order valence-electron chi connectivity index (χ1n) is 7.28. The predicted octanol–water partition coefficient (Wildman–Crippen LogP) is 3.55. The van der Waals surface area contributed by atoms with Crippen LogP contribution in [0.3, 0.4) is 0 Å². The molecule has 0 fully saturated rings. The van der Waals surface area contributed by atoms with Gasteiger partial charge in [0.2, 0.25) is 0 Å². The van der Waals surface area contributed by atoms with Crippen molar-refractivity contribution in [1.29, 1.82) is 0 Å². The molecule has 0 saturated heterocycles. The van der Waals surface area contributed by atoms with Crippen LogP contribution in [0.5, 0.6) is 0 Å². The topological polar surface area (TPSA) is 34.9 Å². The third kappa shape index (κ3) is 1.74. The Balaban J connectivity index is 2.04. The lowest BCUT2D eigenvalue weighted by atomic mass is 9.97. The van der Waals surface area contributed by atoms with Crippen LogP contribution in [0.1, 0.15) is 30.9 Å². The molecule has 1 aliphatic heterocycles. The van der Waals surface area contributed by atoms with Crippen LogP contribution in [-0.2, 0) is 6.54 Å². The van der Waals surface area contributed by atoms with E-state index in [0.717, 1.165) is 22.5 Å². The van der Waals surface area contributed by atoms with E-state index in [-0.39, 0.29) is 5.56 Å². The van der Waals surface area contributed by atoms with Crippen molar-refractivity contribution in [2.45, 2.75) is 26.3 Å². The van der Waals surface area contributed by atoms with E-state index in [1.807, 2.05) is 12.1 Å². The number of rotatable bonds is 1. The molecule has 3 heterocycles. The molecule has 0 radical (unpaired) electrons. The zero-order valence-electron chi connectivity index (χ0n) is 12.1. The monoisotopic (exact) mass is 276 g/mol. The Hall–Kier alpha value is -2.42. The van der Waals surface area contributed by atoms with Crippen LogP contribution < -0.4 is 5.56 Å². The molecule has 1 aliphatic rings. The predicted molar refractivity (Wildman–Crippen MR) is 84.6 cm³/mol. The van der Waals surface area contributed by atoms with Crippen molar-refractivity contribution >= 4 is 10.9 Å². The summed E-state index contributed by atoms with van der Waals surface area (Å²) < 4.78 is 1.80. The van der Waals surface area contributed by atoms with E-state index in [2.05, 4.69) is 32.0 Å². The number of benzene rings is 1. The number of fused-ring (bicyclic) bond motifs is 4. The zero-order valence-corrected chi connectivity index (χ0v) is 12.1. The molecule has 0 amide bonds. The van der Waals surface area contributed by atoms with Gasteiger partial charge in [0.05, 0.1) is 23.4 Å². The summed E-state index contributed by atoms with van der Waals surface area (Å²) in [6.07, 6.45) is 0. The lowest BCUT2D eigenvalue weighted by Gasteiger charge is -2.10. The van der Waals surface area contributed by atoms with E-state index in [0.29, 0.717) is 12.5 Å². The molecule has 0 N–H and O–H groups in total. The van der Waals surface area contributed by atoms with Gasteiger partial charge < -0.3 is 4.57 Å². The Morgan fingerprint density at radius 3 is 2.76 bits per heavy atom. The molecular formula is C18H16N2O. The first kappa shape index (κ1) is 12.3. The smallest absolute Gasteiger partial charge is 0.251 e. The van der Waals surface area contributed by atoms with E-state index >= 15 is 0 Å². The second-order valence-electron chi connectivity index (χ2n) is 5.90. The van der Waals surface area contributed by atoms with Crippen molar-refractivity contribution in [3.8, 4) is 11.4 Å². The van der Waals surface area contributed by atoms with E-state index in [4.69, 9.17) is 4.98 Å². The van der Waals surface area contributed by atoms with Gasteiger partial charge in [0.1, 0.15) is 0 Å². The van der Waals surface area contributed by atoms with Gasteiger partial charge in [-0.05, 0) is 29.7 Å². The number of aromatic nitrogens is 2. The number of hydrogen-bond acceptors (Lipinski definition) is 2. The molecule has 0 unspecified atom stereocenters. The van der Waals surface area contributed by atoms with Crippen LogP contribution in [0.2, 0.25) is 0 Å². The summed E-state index contributed by atoms with van der Waals surface area (Å²) in [5, 5.41) is 1.20. The summed E-state index contributed by atoms with van der Waals surface area (Å²) in [6.45, 7) is 5.02. The Labute approximate surface area is 122 Å². The molecule has 0 bridgehead atoms. The van der Waals surface area contributed by atoms with Gasteiger partial charge in [-0.15, -0.1) is 0 Å². The van der Waals surface area contributed by atoms with Gasteiger partial charge in [-0.2, -0.15) is 0 Å². The molecule has 21 heavy (non-hydrogen) atoms. The molecule has 0 saturated carbocycles.